The van der Waals surface area contributed by atoms with Crippen molar-refractivity contribution in [3.8, 4) is 17.0 Å². The molecule has 0 aliphatic rings. The quantitative estimate of drug-likeness (QED) is 0.419. The van der Waals surface area contributed by atoms with E-state index in [9.17, 15) is 0 Å². The lowest BCUT2D eigenvalue weighted by molar-refractivity contribution is 0.414. The molecule has 0 amide bonds. The third-order valence-electron chi connectivity index (χ3n) is 4.05. The van der Waals surface area contributed by atoms with Crippen molar-refractivity contribution in [2.75, 3.05) is 7.11 Å². The number of halogens is 1. The van der Waals surface area contributed by atoms with Gasteiger partial charge in [-0.15, -0.1) is 0 Å². The van der Waals surface area contributed by atoms with Gasteiger partial charge in [0.2, 0.25) is 0 Å². The van der Waals surface area contributed by atoms with Gasteiger partial charge in [0.05, 0.1) is 18.5 Å². The van der Waals surface area contributed by atoms with Gasteiger partial charge in [-0.2, -0.15) is 0 Å². The minimum absolute atomic E-state index is 0.786. The maximum atomic E-state index is 5.39. The topological polar surface area (TPSA) is 38.9 Å². The van der Waals surface area contributed by atoms with Gasteiger partial charge in [0.1, 0.15) is 11.4 Å². The molecule has 0 atom stereocenters. The van der Waals surface area contributed by atoms with Crippen molar-refractivity contribution < 1.29 is 4.74 Å². The van der Waals surface area contributed by atoms with Crippen molar-refractivity contribution in [3.63, 3.8) is 0 Å². The van der Waals surface area contributed by atoms with Gasteiger partial charge >= 0.3 is 0 Å². The largest absolute Gasteiger partial charge is 0.496 e. The zero-order chi connectivity index (χ0) is 17.9. The van der Waals surface area contributed by atoms with Crippen LogP contribution in [-0.4, -0.2) is 22.7 Å². The number of hydrogen-bond acceptors (Lipinski definition) is 3. The lowest BCUT2D eigenvalue weighted by Crippen LogP contribution is -1.90. The lowest BCUT2D eigenvalue weighted by atomic mass is 10.1. The Morgan fingerprint density at radius 3 is 2.85 bits per heavy atom. The summed E-state index contributed by atoms with van der Waals surface area (Å²) in [4.78, 5) is 9.27. The molecule has 128 valence electrons. The highest BCUT2D eigenvalue weighted by molar-refractivity contribution is 9.10. The molecule has 0 aliphatic heterocycles. The molecule has 0 unspecified atom stereocenters. The van der Waals surface area contributed by atoms with Gasteiger partial charge in [-0.25, -0.2) is 4.98 Å². The van der Waals surface area contributed by atoms with Gasteiger partial charge in [-0.1, -0.05) is 34.1 Å². The number of rotatable bonds is 4. The highest BCUT2D eigenvalue weighted by atomic mass is 79.9. The number of methoxy groups -OCH3 is 1. The Balaban J connectivity index is 1.67. The van der Waals surface area contributed by atoms with Gasteiger partial charge in [-0.05, 0) is 42.5 Å². The number of pyridine rings is 1. The van der Waals surface area contributed by atoms with E-state index in [-0.39, 0.29) is 0 Å². The number of hydrogen-bond donors (Lipinski definition) is 0. The molecule has 2 heterocycles. The van der Waals surface area contributed by atoms with Gasteiger partial charge in [-0.3, -0.25) is 4.99 Å². The van der Waals surface area contributed by atoms with Crippen LogP contribution in [0, 0.1) is 0 Å². The van der Waals surface area contributed by atoms with Crippen LogP contribution in [0.3, 0.4) is 0 Å². The van der Waals surface area contributed by atoms with Gasteiger partial charge in [0.15, 0.2) is 0 Å². The van der Waals surface area contributed by atoms with E-state index in [1.54, 1.807) is 7.11 Å². The Hall–Kier alpha value is -2.92. The minimum atomic E-state index is 0.786. The van der Waals surface area contributed by atoms with E-state index in [4.69, 9.17) is 4.74 Å². The molecular weight excluding hydrogens is 390 g/mol. The van der Waals surface area contributed by atoms with Crippen LogP contribution in [0.2, 0.25) is 0 Å². The van der Waals surface area contributed by atoms with Crippen molar-refractivity contribution in [2.24, 2.45) is 4.99 Å². The van der Waals surface area contributed by atoms with E-state index < -0.39 is 0 Å². The molecule has 0 saturated carbocycles. The van der Waals surface area contributed by atoms with E-state index in [1.165, 1.54) is 0 Å². The van der Waals surface area contributed by atoms with Gasteiger partial charge in [0, 0.05) is 34.2 Å². The van der Waals surface area contributed by atoms with E-state index >= 15 is 0 Å². The fourth-order valence-electron chi connectivity index (χ4n) is 2.77. The van der Waals surface area contributed by atoms with Gasteiger partial charge < -0.3 is 9.14 Å². The number of imidazole rings is 1. The molecule has 4 aromatic rings. The first kappa shape index (κ1) is 16.5. The molecule has 2 aromatic carbocycles. The molecule has 0 bridgehead atoms. The van der Waals surface area contributed by atoms with Crippen LogP contribution in [0.15, 0.2) is 82.5 Å². The predicted molar refractivity (Wildman–Crippen MR) is 109 cm³/mol. The summed E-state index contributed by atoms with van der Waals surface area (Å²) in [6, 6.07) is 19.8. The van der Waals surface area contributed by atoms with E-state index in [0.717, 1.165) is 38.4 Å². The minimum Gasteiger partial charge on any atom is -0.496 e. The first-order valence-electron chi connectivity index (χ1n) is 8.15. The predicted octanol–water partition coefficient (Wildman–Crippen LogP) is 5.52. The zero-order valence-corrected chi connectivity index (χ0v) is 15.7. The van der Waals surface area contributed by atoms with Crippen LogP contribution in [0.25, 0.3) is 16.9 Å². The Morgan fingerprint density at radius 2 is 2.00 bits per heavy atom. The molecule has 26 heavy (non-hydrogen) atoms. The van der Waals surface area contributed by atoms with Crippen molar-refractivity contribution in [2.45, 2.75) is 0 Å². The van der Waals surface area contributed by atoms with Crippen LogP contribution < -0.4 is 4.74 Å². The fraction of sp³-hybridized carbons (Fsp3) is 0.0476. The number of aliphatic imine (C=N–C) groups is 1. The van der Waals surface area contributed by atoms with Crippen LogP contribution in [0.5, 0.6) is 5.75 Å². The molecule has 0 spiro atoms. The smallest absolute Gasteiger partial charge is 0.137 e. The Kier molecular flexibility index (Phi) is 4.54. The molecule has 4 nitrogen and oxygen atoms in total. The Bertz CT molecular complexity index is 1070. The number of aromatic nitrogens is 2. The van der Waals surface area contributed by atoms with E-state index in [2.05, 4.69) is 25.9 Å². The van der Waals surface area contributed by atoms with Crippen molar-refractivity contribution in [1.29, 1.82) is 0 Å². The first-order valence-corrected chi connectivity index (χ1v) is 8.94. The molecule has 0 radical (unpaired) electrons. The Labute approximate surface area is 159 Å². The summed E-state index contributed by atoms with van der Waals surface area (Å²) >= 11 is 3.48. The number of ether oxygens (including phenoxy) is 1. The summed E-state index contributed by atoms with van der Waals surface area (Å²) in [7, 11) is 1.66. The summed E-state index contributed by atoms with van der Waals surface area (Å²) in [6.45, 7) is 0. The highest BCUT2D eigenvalue weighted by Gasteiger charge is 2.05. The molecule has 5 heteroatoms. The standard InChI is InChI=1S/C21H16BrN3O/c1-26-20-9-8-17(22)11-16(20)13-23-18-6-4-5-15(12-18)19-14-25-10-3-2-7-21(25)24-19/h2-14H,1H3. The Morgan fingerprint density at radius 1 is 1.08 bits per heavy atom. The second-order valence-corrected chi connectivity index (χ2v) is 6.70. The van der Waals surface area contributed by atoms with Crippen LogP contribution in [0.1, 0.15) is 5.56 Å². The third-order valence-corrected chi connectivity index (χ3v) is 4.54. The van der Waals surface area contributed by atoms with Crippen molar-refractivity contribution >= 4 is 33.5 Å². The summed E-state index contributed by atoms with van der Waals surface area (Å²) in [6.07, 6.45) is 5.83. The normalized spacial score (nSPS) is 11.3. The first-order chi connectivity index (χ1) is 12.7. The van der Waals surface area contributed by atoms with Crippen molar-refractivity contribution in [3.05, 3.63) is 83.1 Å². The maximum absolute atomic E-state index is 5.39. The average Bonchev–Trinajstić information content (AvgIpc) is 3.11. The highest BCUT2D eigenvalue weighted by Crippen LogP contribution is 2.25. The molecular formula is C21H16BrN3O. The number of fused-ring (bicyclic) bond motifs is 1. The molecule has 0 N–H and O–H groups in total. The summed E-state index contributed by atoms with van der Waals surface area (Å²) in [5.41, 5.74) is 4.66. The summed E-state index contributed by atoms with van der Waals surface area (Å²) in [5.74, 6) is 0.786. The van der Waals surface area contributed by atoms with Crippen LogP contribution in [0.4, 0.5) is 5.69 Å². The SMILES string of the molecule is COc1ccc(Br)cc1C=Nc1cccc(-c2cn3ccccc3n2)c1. The summed E-state index contributed by atoms with van der Waals surface area (Å²) < 4.78 is 8.39. The van der Waals surface area contributed by atoms with Crippen LogP contribution in [-0.2, 0) is 0 Å². The second kappa shape index (κ2) is 7.14. The van der Waals surface area contributed by atoms with E-state index in [1.807, 2.05) is 83.7 Å². The molecule has 4 rings (SSSR count). The average molecular weight is 406 g/mol. The molecule has 0 fully saturated rings. The molecule has 0 aliphatic carbocycles. The third kappa shape index (κ3) is 3.39. The van der Waals surface area contributed by atoms with E-state index in [0.29, 0.717) is 0 Å². The molecule has 0 saturated heterocycles. The second-order valence-electron chi connectivity index (χ2n) is 5.79. The number of benzene rings is 2. The maximum Gasteiger partial charge on any atom is 0.137 e. The number of nitrogens with zero attached hydrogens (tertiary/aromatic N) is 3. The summed E-state index contributed by atoms with van der Waals surface area (Å²) in [5, 5.41) is 0. The monoisotopic (exact) mass is 405 g/mol. The van der Waals surface area contributed by atoms with Gasteiger partial charge in [0.25, 0.3) is 0 Å². The van der Waals surface area contributed by atoms with Crippen LogP contribution >= 0.6 is 15.9 Å². The molecule has 2 aromatic heterocycles. The zero-order valence-electron chi connectivity index (χ0n) is 14.1. The lowest BCUT2D eigenvalue weighted by Gasteiger charge is -2.04. The fourth-order valence-corrected chi connectivity index (χ4v) is 3.15. The van der Waals surface area contributed by atoms with Crippen molar-refractivity contribution in [1.82, 2.24) is 9.38 Å².